The molecule has 4 aromatic rings. The largest absolute Gasteiger partial charge is 0.306 e. The van der Waals surface area contributed by atoms with Gasteiger partial charge in [-0.05, 0) is 30.3 Å². The quantitative estimate of drug-likeness (QED) is 0.335. The fraction of sp³-hybridized carbons (Fsp3) is 0.0870. The van der Waals surface area contributed by atoms with Crippen LogP contribution in [0.15, 0.2) is 78.9 Å². The van der Waals surface area contributed by atoms with Crippen LogP contribution in [0, 0.1) is 0 Å². The maximum atomic E-state index is 15.1. The highest BCUT2D eigenvalue weighted by Crippen LogP contribution is 2.37. The van der Waals surface area contributed by atoms with Gasteiger partial charge in [0, 0.05) is 29.2 Å². The summed E-state index contributed by atoms with van der Waals surface area (Å²) in [6.07, 6.45) is 1.84. The molecule has 0 unspecified atom stereocenters. The molecule has 0 aliphatic carbocycles. The van der Waals surface area contributed by atoms with Crippen LogP contribution >= 0.6 is 0 Å². The summed E-state index contributed by atoms with van der Waals surface area (Å²) in [6, 6.07) is 19.6. The van der Waals surface area contributed by atoms with Gasteiger partial charge in [0.05, 0.1) is 16.9 Å². The van der Waals surface area contributed by atoms with Crippen LogP contribution in [0.4, 0.5) is 14.5 Å². The molecule has 0 aliphatic heterocycles. The van der Waals surface area contributed by atoms with E-state index in [2.05, 4.69) is 4.28 Å². The number of thiol groups is 1. The fourth-order valence-electron chi connectivity index (χ4n) is 3.54. The number of hydrogen-bond acceptors (Lipinski definition) is 5. The number of benzene rings is 3. The second kappa shape index (κ2) is 8.52. The minimum absolute atomic E-state index is 0.135. The molecule has 0 spiro atoms. The molecule has 4 rings (SSSR count). The molecule has 163 valence electrons. The van der Waals surface area contributed by atoms with Crippen LogP contribution in [0.3, 0.4) is 0 Å². The van der Waals surface area contributed by atoms with E-state index in [4.69, 9.17) is 0 Å². The number of rotatable bonds is 7. The number of fused-ring (bicyclic) bond motifs is 1. The standard InChI is InChI=1S/C23H17F2N2O4S/c1-26(31-32(29)30)19-11-10-16-12-21(15-28)27(22(16)14-19)20-9-5-8-18(13-20)23(24,25)17-6-3-2-4-7-17/h2-14,32H,1H3. The second-order valence-corrected chi connectivity index (χ2v) is 7.61. The third-order valence-electron chi connectivity index (χ3n) is 5.05. The predicted molar refractivity (Wildman–Crippen MR) is 117 cm³/mol. The number of carbonyl (C=O) groups excluding carboxylic acids is 1. The summed E-state index contributed by atoms with van der Waals surface area (Å²) in [5, 5.41) is 1.69. The van der Waals surface area contributed by atoms with E-state index in [1.54, 1.807) is 48.5 Å². The Labute approximate surface area is 184 Å². The average Bonchev–Trinajstić information content (AvgIpc) is 3.17. The van der Waals surface area contributed by atoms with E-state index in [1.165, 1.54) is 41.9 Å². The summed E-state index contributed by atoms with van der Waals surface area (Å²) in [5.41, 5.74) is 0.971. The molecular formula is C23H17F2N2O4S. The van der Waals surface area contributed by atoms with Crippen molar-refractivity contribution in [1.82, 2.24) is 4.57 Å². The number of nitrogens with zero attached hydrogens (tertiary/aromatic N) is 2. The van der Waals surface area contributed by atoms with E-state index in [1.807, 2.05) is 6.29 Å². The molecule has 1 heterocycles. The summed E-state index contributed by atoms with van der Waals surface area (Å²) < 4.78 is 58.2. The first-order valence-corrected chi connectivity index (χ1v) is 10.5. The van der Waals surface area contributed by atoms with E-state index in [0.717, 1.165) is 5.06 Å². The van der Waals surface area contributed by atoms with Crippen molar-refractivity contribution in [1.29, 1.82) is 0 Å². The molecule has 0 atom stereocenters. The van der Waals surface area contributed by atoms with Gasteiger partial charge in [0.25, 0.3) is 23.2 Å². The molecule has 6 nitrogen and oxygen atoms in total. The molecule has 0 N–H and O–H groups in total. The number of hydrogen-bond donors (Lipinski definition) is 1. The first kappa shape index (κ1) is 21.7. The lowest BCUT2D eigenvalue weighted by molar-refractivity contribution is 0.0428. The molecule has 0 saturated heterocycles. The summed E-state index contributed by atoms with van der Waals surface area (Å²) in [5.74, 6) is -3.25. The SMILES string of the molecule is CN(O[SH](=O)=O)c1ccc2cc([C]=O)n(-c3cccc(C(F)(F)c4ccccc4)c3)c2c1. The molecule has 0 bridgehead atoms. The third-order valence-corrected chi connectivity index (χ3v) is 5.43. The Hall–Kier alpha value is -3.56. The monoisotopic (exact) mass is 455 g/mol. The van der Waals surface area contributed by atoms with Crippen LogP contribution in [0.25, 0.3) is 16.6 Å². The van der Waals surface area contributed by atoms with Crippen LogP contribution in [-0.4, -0.2) is 26.3 Å². The zero-order chi connectivity index (χ0) is 22.9. The molecule has 3 aromatic carbocycles. The van der Waals surface area contributed by atoms with Crippen molar-refractivity contribution in [2.45, 2.75) is 5.92 Å². The van der Waals surface area contributed by atoms with Crippen LogP contribution in [-0.2, 0) is 26.0 Å². The van der Waals surface area contributed by atoms with E-state index >= 15 is 8.78 Å². The van der Waals surface area contributed by atoms with Crippen molar-refractivity contribution in [2.75, 3.05) is 12.1 Å². The molecule has 32 heavy (non-hydrogen) atoms. The molecule has 9 heteroatoms. The number of alkyl halides is 2. The van der Waals surface area contributed by atoms with Gasteiger partial charge in [-0.3, -0.25) is 4.79 Å². The van der Waals surface area contributed by atoms with Crippen molar-refractivity contribution in [3.05, 3.63) is 95.7 Å². The Balaban J connectivity index is 1.86. The predicted octanol–water partition coefficient (Wildman–Crippen LogP) is 4.12. The van der Waals surface area contributed by atoms with Crippen molar-refractivity contribution < 1.29 is 26.3 Å². The second-order valence-electron chi connectivity index (χ2n) is 7.00. The first-order valence-electron chi connectivity index (χ1n) is 9.45. The summed E-state index contributed by atoms with van der Waals surface area (Å²) >= 11 is 0. The van der Waals surface area contributed by atoms with Crippen LogP contribution in [0.5, 0.6) is 0 Å². The minimum atomic E-state index is -3.25. The number of halogens is 2. The van der Waals surface area contributed by atoms with Crippen LogP contribution in [0.1, 0.15) is 16.8 Å². The molecule has 1 radical (unpaired) electrons. The number of anilines is 1. The number of aromatic nitrogens is 1. The van der Waals surface area contributed by atoms with E-state index in [9.17, 15) is 13.2 Å². The summed E-state index contributed by atoms with van der Waals surface area (Å²) in [6.45, 7) is 0. The van der Waals surface area contributed by atoms with Crippen LogP contribution < -0.4 is 5.06 Å². The number of hydroxylamine groups is 1. The van der Waals surface area contributed by atoms with Gasteiger partial charge >= 0.3 is 0 Å². The highest BCUT2D eigenvalue weighted by Gasteiger charge is 2.34. The highest BCUT2D eigenvalue weighted by atomic mass is 32.2. The Kier molecular flexibility index (Phi) is 5.77. The fourth-order valence-corrected chi connectivity index (χ4v) is 3.83. The van der Waals surface area contributed by atoms with Crippen LogP contribution in [0.2, 0.25) is 0 Å². The van der Waals surface area contributed by atoms with Gasteiger partial charge in [0.1, 0.15) is 0 Å². The van der Waals surface area contributed by atoms with Gasteiger partial charge in [-0.25, -0.2) is 13.5 Å². The van der Waals surface area contributed by atoms with E-state index in [0.29, 0.717) is 22.3 Å². The Morgan fingerprint density at radius 1 is 0.938 bits per heavy atom. The molecule has 0 aliphatic rings. The Bertz CT molecular complexity index is 1360. The third kappa shape index (κ3) is 4.00. The van der Waals surface area contributed by atoms with Gasteiger partial charge in [-0.2, -0.15) is 13.1 Å². The molecule has 0 saturated carbocycles. The Morgan fingerprint density at radius 3 is 2.34 bits per heavy atom. The zero-order valence-corrected chi connectivity index (χ0v) is 17.6. The molecule has 0 fully saturated rings. The van der Waals surface area contributed by atoms with Crippen molar-refractivity contribution >= 4 is 33.9 Å². The lowest BCUT2D eigenvalue weighted by Gasteiger charge is -2.19. The topological polar surface area (TPSA) is 68.6 Å². The van der Waals surface area contributed by atoms with Gasteiger partial charge in [0.15, 0.2) is 0 Å². The van der Waals surface area contributed by atoms with Crippen molar-refractivity contribution in [3.8, 4) is 5.69 Å². The van der Waals surface area contributed by atoms with Gasteiger partial charge in [-0.1, -0.05) is 48.5 Å². The first-order chi connectivity index (χ1) is 15.3. The molecular weight excluding hydrogens is 438 g/mol. The smallest absolute Gasteiger partial charge is 0.298 e. The molecule has 0 amide bonds. The summed E-state index contributed by atoms with van der Waals surface area (Å²) in [4.78, 5) is 11.6. The average molecular weight is 455 g/mol. The van der Waals surface area contributed by atoms with Crippen molar-refractivity contribution in [3.63, 3.8) is 0 Å². The van der Waals surface area contributed by atoms with Crippen molar-refractivity contribution in [2.24, 2.45) is 0 Å². The maximum Gasteiger partial charge on any atom is 0.298 e. The highest BCUT2D eigenvalue weighted by molar-refractivity contribution is 7.67. The van der Waals surface area contributed by atoms with E-state index in [-0.39, 0.29) is 16.8 Å². The lowest BCUT2D eigenvalue weighted by Crippen LogP contribution is -2.16. The normalized spacial score (nSPS) is 11.8. The minimum Gasteiger partial charge on any atom is -0.306 e. The van der Waals surface area contributed by atoms with E-state index < -0.39 is 16.9 Å². The van der Waals surface area contributed by atoms with Gasteiger partial charge < -0.3 is 4.57 Å². The zero-order valence-electron chi connectivity index (χ0n) is 16.7. The Morgan fingerprint density at radius 2 is 1.66 bits per heavy atom. The summed E-state index contributed by atoms with van der Waals surface area (Å²) in [7, 11) is -1.71. The molecule has 1 aromatic heterocycles. The van der Waals surface area contributed by atoms with Gasteiger partial charge in [-0.15, -0.1) is 0 Å². The maximum absolute atomic E-state index is 15.1. The van der Waals surface area contributed by atoms with Gasteiger partial charge in [0.2, 0.25) is 0 Å². The lowest BCUT2D eigenvalue weighted by atomic mass is 10.00.